The Bertz CT molecular complexity index is 588. The van der Waals surface area contributed by atoms with Gasteiger partial charge in [0.1, 0.15) is 0 Å². The minimum Gasteiger partial charge on any atom is -0.352 e. The summed E-state index contributed by atoms with van der Waals surface area (Å²) in [6.45, 7) is 1.34. The predicted molar refractivity (Wildman–Crippen MR) is 103 cm³/mol. The zero-order chi connectivity index (χ0) is 14.4. The molecule has 114 valence electrons. The Balaban J connectivity index is 0.00000220. The van der Waals surface area contributed by atoms with Gasteiger partial charge in [-0.15, -0.1) is 24.0 Å². The summed E-state index contributed by atoms with van der Waals surface area (Å²) in [7, 11) is 1.74. The van der Waals surface area contributed by atoms with Gasteiger partial charge >= 0.3 is 0 Å². The Morgan fingerprint density at radius 3 is 2.57 bits per heavy atom. The molecule has 1 aromatic heterocycles. The Morgan fingerprint density at radius 2 is 1.95 bits per heavy atom. The lowest BCUT2D eigenvalue weighted by atomic mass is 10.2. The number of aliphatic imine (C=N–C) groups is 1. The number of nitrogens with zero attached hydrogens (tertiary/aromatic N) is 1. The van der Waals surface area contributed by atoms with Crippen LogP contribution in [0.25, 0.3) is 0 Å². The lowest BCUT2D eigenvalue weighted by Crippen LogP contribution is -2.36. The van der Waals surface area contributed by atoms with E-state index in [0.29, 0.717) is 16.6 Å². The SMILES string of the molecule is CN=C(NCc1ccsc1)NCc1ccc(Cl)cc1Cl.I. The first-order valence-corrected chi connectivity index (χ1v) is 7.78. The Hall–Kier alpha value is -0.500. The Labute approximate surface area is 155 Å². The van der Waals surface area contributed by atoms with Crippen LogP contribution in [0.15, 0.2) is 40.0 Å². The minimum atomic E-state index is 0. The van der Waals surface area contributed by atoms with E-state index in [9.17, 15) is 0 Å². The lowest BCUT2D eigenvalue weighted by molar-refractivity contribution is 0.811. The van der Waals surface area contributed by atoms with Crippen LogP contribution in [-0.4, -0.2) is 13.0 Å². The molecule has 3 nitrogen and oxygen atoms in total. The standard InChI is InChI=1S/C14H15Cl2N3S.HI/c1-17-14(18-7-10-4-5-20-9-10)19-8-11-2-3-12(15)6-13(11)16;/h2-6,9H,7-8H2,1H3,(H2,17,18,19);1H. The van der Waals surface area contributed by atoms with Crippen molar-refractivity contribution in [2.45, 2.75) is 13.1 Å². The van der Waals surface area contributed by atoms with Crippen LogP contribution in [0.1, 0.15) is 11.1 Å². The molecule has 0 fully saturated rings. The van der Waals surface area contributed by atoms with Gasteiger partial charge < -0.3 is 10.6 Å². The van der Waals surface area contributed by atoms with Crippen LogP contribution in [0.5, 0.6) is 0 Å². The van der Waals surface area contributed by atoms with Gasteiger partial charge in [-0.25, -0.2) is 0 Å². The van der Waals surface area contributed by atoms with Crippen LogP contribution in [0.4, 0.5) is 0 Å². The van der Waals surface area contributed by atoms with Crippen LogP contribution >= 0.6 is 58.5 Å². The van der Waals surface area contributed by atoms with E-state index in [1.54, 1.807) is 24.5 Å². The molecule has 7 heteroatoms. The first kappa shape index (κ1) is 18.5. The first-order chi connectivity index (χ1) is 9.69. The molecular weight excluding hydrogens is 440 g/mol. The lowest BCUT2D eigenvalue weighted by Gasteiger charge is -2.12. The van der Waals surface area contributed by atoms with Crippen LogP contribution < -0.4 is 10.6 Å². The fraction of sp³-hybridized carbons (Fsp3) is 0.214. The van der Waals surface area contributed by atoms with Gasteiger partial charge in [-0.3, -0.25) is 4.99 Å². The summed E-state index contributed by atoms with van der Waals surface area (Å²) in [5, 5.41) is 11.9. The van der Waals surface area contributed by atoms with Gasteiger partial charge in [-0.05, 0) is 40.1 Å². The van der Waals surface area contributed by atoms with Crippen molar-refractivity contribution in [3.05, 3.63) is 56.2 Å². The predicted octanol–water partition coefficient (Wildman–Crippen LogP) is 4.54. The van der Waals surface area contributed by atoms with Crippen molar-refractivity contribution in [3.63, 3.8) is 0 Å². The number of hydrogen-bond acceptors (Lipinski definition) is 2. The fourth-order valence-electron chi connectivity index (χ4n) is 1.64. The number of benzene rings is 1. The molecule has 2 rings (SSSR count). The molecular formula is C14H16Cl2IN3S. The van der Waals surface area contributed by atoms with Crippen LogP contribution in [0.2, 0.25) is 10.0 Å². The molecule has 2 aromatic rings. The van der Waals surface area contributed by atoms with Crippen LogP contribution in [0.3, 0.4) is 0 Å². The highest BCUT2D eigenvalue weighted by Crippen LogP contribution is 2.20. The monoisotopic (exact) mass is 455 g/mol. The van der Waals surface area contributed by atoms with E-state index in [1.165, 1.54) is 5.56 Å². The van der Waals surface area contributed by atoms with Crippen molar-refractivity contribution in [2.24, 2.45) is 4.99 Å². The van der Waals surface area contributed by atoms with Gasteiger partial charge in [0.15, 0.2) is 5.96 Å². The summed E-state index contributed by atoms with van der Waals surface area (Å²) in [5.74, 6) is 0.738. The quantitative estimate of drug-likeness (QED) is 0.403. The molecule has 1 aromatic carbocycles. The molecule has 0 aliphatic carbocycles. The normalized spacial score (nSPS) is 10.9. The summed E-state index contributed by atoms with van der Waals surface area (Å²) < 4.78 is 0. The number of guanidine groups is 1. The summed E-state index contributed by atoms with van der Waals surface area (Å²) in [6.07, 6.45) is 0. The highest BCUT2D eigenvalue weighted by Gasteiger charge is 2.03. The molecule has 0 radical (unpaired) electrons. The molecule has 0 aliphatic rings. The average Bonchev–Trinajstić information content (AvgIpc) is 2.94. The smallest absolute Gasteiger partial charge is 0.191 e. The third kappa shape index (κ3) is 6.02. The maximum absolute atomic E-state index is 6.13. The summed E-state index contributed by atoms with van der Waals surface area (Å²) in [4.78, 5) is 4.18. The van der Waals surface area contributed by atoms with Gasteiger partial charge in [0.2, 0.25) is 0 Å². The van der Waals surface area contributed by atoms with Crippen molar-refractivity contribution >= 4 is 64.5 Å². The number of nitrogens with one attached hydrogen (secondary N) is 2. The molecule has 0 saturated carbocycles. The fourth-order valence-corrected chi connectivity index (χ4v) is 2.79. The van der Waals surface area contributed by atoms with E-state index in [4.69, 9.17) is 23.2 Å². The van der Waals surface area contributed by atoms with Crippen LogP contribution in [0, 0.1) is 0 Å². The average molecular weight is 456 g/mol. The second-order valence-corrected chi connectivity index (χ2v) is 5.77. The van der Waals surface area contributed by atoms with E-state index in [2.05, 4.69) is 32.5 Å². The third-order valence-electron chi connectivity index (χ3n) is 2.73. The van der Waals surface area contributed by atoms with E-state index >= 15 is 0 Å². The maximum Gasteiger partial charge on any atom is 0.191 e. The van der Waals surface area contributed by atoms with Crippen molar-refractivity contribution in [1.82, 2.24) is 10.6 Å². The minimum absolute atomic E-state index is 0. The number of thiophene rings is 1. The molecule has 0 unspecified atom stereocenters. The molecule has 0 spiro atoms. The summed E-state index contributed by atoms with van der Waals surface area (Å²) in [6, 6.07) is 7.55. The Morgan fingerprint density at radius 1 is 1.19 bits per heavy atom. The van der Waals surface area contributed by atoms with Gasteiger partial charge in [-0.1, -0.05) is 29.3 Å². The highest BCUT2D eigenvalue weighted by molar-refractivity contribution is 14.0. The molecule has 0 atom stereocenters. The van der Waals surface area contributed by atoms with Crippen molar-refractivity contribution < 1.29 is 0 Å². The zero-order valence-electron chi connectivity index (χ0n) is 11.4. The molecule has 21 heavy (non-hydrogen) atoms. The van der Waals surface area contributed by atoms with Gasteiger partial charge in [0.05, 0.1) is 0 Å². The van der Waals surface area contributed by atoms with Crippen molar-refractivity contribution in [2.75, 3.05) is 7.05 Å². The van der Waals surface area contributed by atoms with Gasteiger partial charge in [0.25, 0.3) is 0 Å². The summed E-state index contributed by atoms with van der Waals surface area (Å²) in [5.41, 5.74) is 2.22. The second-order valence-electron chi connectivity index (χ2n) is 4.15. The Kier molecular flexibility index (Phi) is 8.39. The van der Waals surface area contributed by atoms with E-state index in [-0.39, 0.29) is 24.0 Å². The van der Waals surface area contributed by atoms with E-state index < -0.39 is 0 Å². The van der Waals surface area contributed by atoms with E-state index in [0.717, 1.165) is 18.1 Å². The van der Waals surface area contributed by atoms with Crippen LogP contribution in [-0.2, 0) is 13.1 Å². The van der Waals surface area contributed by atoms with Gasteiger partial charge in [-0.2, -0.15) is 11.3 Å². The van der Waals surface area contributed by atoms with E-state index in [1.807, 2.05) is 12.1 Å². The van der Waals surface area contributed by atoms with Gasteiger partial charge in [0, 0.05) is 30.2 Å². The molecule has 0 aliphatic heterocycles. The third-order valence-corrected chi connectivity index (χ3v) is 4.04. The molecule has 0 saturated heterocycles. The van der Waals surface area contributed by atoms with Crippen molar-refractivity contribution in [3.8, 4) is 0 Å². The number of halogens is 3. The molecule has 1 heterocycles. The molecule has 0 bridgehead atoms. The largest absolute Gasteiger partial charge is 0.352 e. The molecule has 0 amide bonds. The summed E-state index contributed by atoms with van der Waals surface area (Å²) >= 11 is 13.7. The highest BCUT2D eigenvalue weighted by atomic mass is 127. The zero-order valence-corrected chi connectivity index (χ0v) is 16.1. The first-order valence-electron chi connectivity index (χ1n) is 6.08. The van der Waals surface area contributed by atoms with Crippen molar-refractivity contribution in [1.29, 1.82) is 0 Å². The molecule has 2 N–H and O–H groups in total. The number of rotatable bonds is 4. The number of hydrogen-bond donors (Lipinski definition) is 2. The topological polar surface area (TPSA) is 36.4 Å². The second kappa shape index (κ2) is 9.50. The maximum atomic E-state index is 6.13.